The van der Waals surface area contributed by atoms with Crippen LogP contribution in [0.1, 0.15) is 105 Å². The Hall–Kier alpha value is -0.600. The average molecular weight is 401 g/mol. The van der Waals surface area contributed by atoms with E-state index in [9.17, 15) is 10.2 Å². The van der Waals surface area contributed by atoms with Gasteiger partial charge in [0.15, 0.2) is 0 Å². The fourth-order valence-corrected chi connectivity index (χ4v) is 7.93. The molecule has 2 N–H and O–H groups in total. The van der Waals surface area contributed by atoms with Crippen LogP contribution in [0.2, 0.25) is 0 Å². The molecule has 2 fully saturated rings. The van der Waals surface area contributed by atoms with Crippen molar-refractivity contribution < 1.29 is 10.2 Å². The minimum absolute atomic E-state index is 0.119. The average Bonchev–Trinajstić information content (AvgIpc) is 2.98. The summed E-state index contributed by atoms with van der Waals surface area (Å²) in [4.78, 5) is 0. The Balaban J connectivity index is 1.51. The van der Waals surface area contributed by atoms with Crippen molar-refractivity contribution in [3.05, 3.63) is 22.8 Å². The van der Waals surface area contributed by atoms with Gasteiger partial charge in [-0.25, -0.2) is 0 Å². The van der Waals surface area contributed by atoms with E-state index in [1.165, 1.54) is 37.7 Å². The van der Waals surface area contributed by atoms with Gasteiger partial charge in [0, 0.05) is 5.41 Å². The first kappa shape index (κ1) is 21.6. The number of rotatable bonds is 5. The van der Waals surface area contributed by atoms with E-state index in [1.807, 2.05) is 13.8 Å². The molecule has 6 atom stereocenters. The van der Waals surface area contributed by atoms with Gasteiger partial charge in [-0.05, 0) is 94.8 Å². The second-order valence-electron chi connectivity index (χ2n) is 12.1. The molecule has 0 aromatic carbocycles. The van der Waals surface area contributed by atoms with Crippen LogP contribution in [0, 0.1) is 28.6 Å². The molecule has 4 aliphatic rings. The Kier molecular flexibility index (Phi) is 5.61. The van der Waals surface area contributed by atoms with Crippen molar-refractivity contribution in [1.29, 1.82) is 0 Å². The SMILES string of the molecule is CC(CCCC(C)(C)O)C1CCC2C3=C(CCC21C)C1(C)CC[C@H](O)CC1=CC3. The lowest BCUT2D eigenvalue weighted by atomic mass is 9.53. The Morgan fingerprint density at radius 3 is 2.66 bits per heavy atom. The molecule has 2 heteroatoms. The molecular formula is C27H44O2. The number of fused-ring (bicyclic) bond motifs is 4. The lowest BCUT2D eigenvalue weighted by Crippen LogP contribution is -2.42. The first-order chi connectivity index (χ1) is 13.5. The number of aliphatic hydroxyl groups excluding tert-OH is 1. The number of hydrogen-bond donors (Lipinski definition) is 2. The summed E-state index contributed by atoms with van der Waals surface area (Å²) < 4.78 is 0. The molecule has 0 spiro atoms. The third-order valence-corrected chi connectivity index (χ3v) is 9.64. The molecule has 29 heavy (non-hydrogen) atoms. The van der Waals surface area contributed by atoms with Gasteiger partial charge in [0.05, 0.1) is 11.7 Å². The van der Waals surface area contributed by atoms with Crippen LogP contribution < -0.4 is 0 Å². The van der Waals surface area contributed by atoms with Gasteiger partial charge in [-0.1, -0.05) is 56.4 Å². The largest absolute Gasteiger partial charge is 0.393 e. The quantitative estimate of drug-likeness (QED) is 0.512. The van der Waals surface area contributed by atoms with Crippen LogP contribution in [0.4, 0.5) is 0 Å². The lowest BCUT2D eigenvalue weighted by molar-refractivity contribution is 0.0595. The fourth-order valence-electron chi connectivity index (χ4n) is 7.93. The molecule has 0 saturated heterocycles. The van der Waals surface area contributed by atoms with E-state index in [4.69, 9.17) is 0 Å². The molecule has 2 nitrogen and oxygen atoms in total. The van der Waals surface area contributed by atoms with E-state index in [1.54, 1.807) is 11.1 Å². The van der Waals surface area contributed by atoms with Gasteiger partial charge in [-0.2, -0.15) is 0 Å². The van der Waals surface area contributed by atoms with Gasteiger partial charge in [0.2, 0.25) is 0 Å². The minimum atomic E-state index is -0.526. The molecule has 0 bridgehead atoms. The van der Waals surface area contributed by atoms with Crippen molar-refractivity contribution in [2.75, 3.05) is 0 Å². The third kappa shape index (κ3) is 3.78. The first-order valence-corrected chi connectivity index (χ1v) is 12.4. The second-order valence-corrected chi connectivity index (χ2v) is 12.1. The van der Waals surface area contributed by atoms with E-state index < -0.39 is 5.60 Å². The lowest BCUT2D eigenvalue weighted by Gasteiger charge is -2.52. The van der Waals surface area contributed by atoms with Crippen molar-refractivity contribution in [1.82, 2.24) is 0 Å². The van der Waals surface area contributed by atoms with Crippen LogP contribution in [-0.2, 0) is 0 Å². The van der Waals surface area contributed by atoms with E-state index in [-0.39, 0.29) is 11.5 Å². The van der Waals surface area contributed by atoms with Crippen LogP contribution in [0.25, 0.3) is 0 Å². The smallest absolute Gasteiger partial charge is 0.0591 e. The van der Waals surface area contributed by atoms with Gasteiger partial charge < -0.3 is 10.2 Å². The summed E-state index contributed by atoms with van der Waals surface area (Å²) in [5.74, 6) is 2.36. The Labute approximate surface area is 178 Å². The Bertz CT molecular complexity index is 696. The van der Waals surface area contributed by atoms with Gasteiger partial charge in [-0.3, -0.25) is 0 Å². The standard InChI is InChI=1S/C27H44O2/c1-18(7-6-14-25(2,3)29)22-10-11-23-21-9-8-19-17-20(28)12-15-26(19,4)24(21)13-16-27(22,23)5/h8,18,20,22-23,28-29H,6-7,9-17H2,1-5H3/t18?,20-,22?,23?,26?,27?/m0/s1. The van der Waals surface area contributed by atoms with Crippen LogP contribution in [-0.4, -0.2) is 21.9 Å². The molecule has 0 aromatic heterocycles. The van der Waals surface area contributed by atoms with Crippen LogP contribution in [0.5, 0.6) is 0 Å². The van der Waals surface area contributed by atoms with Gasteiger partial charge in [-0.15, -0.1) is 0 Å². The van der Waals surface area contributed by atoms with Crippen LogP contribution >= 0.6 is 0 Å². The second kappa shape index (κ2) is 7.52. The van der Waals surface area contributed by atoms with Gasteiger partial charge >= 0.3 is 0 Å². The molecule has 0 aromatic rings. The van der Waals surface area contributed by atoms with Crippen molar-refractivity contribution >= 4 is 0 Å². The molecule has 0 amide bonds. The van der Waals surface area contributed by atoms with E-state index >= 15 is 0 Å². The third-order valence-electron chi connectivity index (χ3n) is 9.64. The highest BCUT2D eigenvalue weighted by molar-refractivity contribution is 5.43. The summed E-state index contributed by atoms with van der Waals surface area (Å²) in [6, 6.07) is 0. The summed E-state index contributed by atoms with van der Waals surface area (Å²) >= 11 is 0. The molecule has 4 rings (SSSR count). The summed E-state index contributed by atoms with van der Waals surface area (Å²) in [5, 5.41) is 20.3. The predicted octanol–water partition coefficient (Wildman–Crippen LogP) is 6.57. The maximum absolute atomic E-state index is 10.2. The maximum atomic E-state index is 10.2. The molecule has 0 heterocycles. The van der Waals surface area contributed by atoms with Gasteiger partial charge in [0.25, 0.3) is 0 Å². The number of allylic oxidation sites excluding steroid dienone is 3. The number of hydrogen-bond acceptors (Lipinski definition) is 2. The zero-order chi connectivity index (χ0) is 21.0. The van der Waals surface area contributed by atoms with Gasteiger partial charge in [0.1, 0.15) is 0 Å². The maximum Gasteiger partial charge on any atom is 0.0591 e. The molecule has 0 aliphatic heterocycles. The predicted molar refractivity (Wildman–Crippen MR) is 121 cm³/mol. The molecular weight excluding hydrogens is 356 g/mol. The normalized spacial score (nSPS) is 40.8. The van der Waals surface area contributed by atoms with Crippen molar-refractivity contribution in [2.24, 2.45) is 28.6 Å². The van der Waals surface area contributed by atoms with E-state index in [2.05, 4.69) is 26.8 Å². The molecule has 2 saturated carbocycles. The summed E-state index contributed by atoms with van der Waals surface area (Å²) in [5.41, 5.74) is 5.29. The highest BCUT2D eigenvalue weighted by Gasteiger charge is 2.54. The molecule has 0 radical (unpaired) electrons. The van der Waals surface area contributed by atoms with Crippen LogP contribution in [0.3, 0.4) is 0 Å². The molecule has 164 valence electrons. The molecule has 5 unspecified atom stereocenters. The van der Waals surface area contributed by atoms with Crippen molar-refractivity contribution in [2.45, 2.75) is 117 Å². The Morgan fingerprint density at radius 2 is 1.93 bits per heavy atom. The minimum Gasteiger partial charge on any atom is -0.393 e. The fraction of sp³-hybridized carbons (Fsp3) is 0.852. The van der Waals surface area contributed by atoms with E-state index in [0.29, 0.717) is 5.41 Å². The number of aliphatic hydroxyl groups is 2. The summed E-state index contributed by atoms with van der Waals surface area (Å²) in [6.45, 7) is 11.4. The van der Waals surface area contributed by atoms with E-state index in [0.717, 1.165) is 56.3 Å². The topological polar surface area (TPSA) is 40.5 Å². The van der Waals surface area contributed by atoms with Crippen LogP contribution in [0.15, 0.2) is 22.8 Å². The van der Waals surface area contributed by atoms with Crippen molar-refractivity contribution in [3.8, 4) is 0 Å². The summed E-state index contributed by atoms with van der Waals surface area (Å²) in [7, 11) is 0. The van der Waals surface area contributed by atoms with Crippen molar-refractivity contribution in [3.63, 3.8) is 0 Å². The summed E-state index contributed by atoms with van der Waals surface area (Å²) in [6.07, 6.45) is 15.2. The monoisotopic (exact) mass is 400 g/mol. The zero-order valence-corrected chi connectivity index (χ0v) is 19.6. The Morgan fingerprint density at radius 1 is 1.17 bits per heavy atom. The molecule has 4 aliphatic carbocycles. The highest BCUT2D eigenvalue weighted by atomic mass is 16.3. The first-order valence-electron chi connectivity index (χ1n) is 12.4. The zero-order valence-electron chi connectivity index (χ0n) is 19.6. The highest BCUT2D eigenvalue weighted by Crippen LogP contribution is 2.64.